The summed E-state index contributed by atoms with van der Waals surface area (Å²) < 4.78 is 16.3. The molecule has 2 aromatic carbocycles. The van der Waals surface area contributed by atoms with E-state index in [0.717, 1.165) is 0 Å². The van der Waals surface area contributed by atoms with E-state index < -0.39 is 23.5 Å². The van der Waals surface area contributed by atoms with E-state index in [0.29, 0.717) is 27.3 Å². The highest BCUT2D eigenvalue weighted by atomic mass is 35.5. The number of rotatable bonds is 7. The Bertz CT molecular complexity index is 1200. The number of aliphatic hydroxyl groups is 1. The summed E-state index contributed by atoms with van der Waals surface area (Å²) in [5.74, 6) is -1.38. The Labute approximate surface area is 183 Å². The second kappa shape index (κ2) is 8.45. The van der Waals surface area contributed by atoms with E-state index in [1.807, 2.05) is 0 Å². The molecule has 1 aromatic heterocycles. The predicted molar refractivity (Wildman–Crippen MR) is 115 cm³/mol. The molecule has 0 spiro atoms. The minimum atomic E-state index is -0.858. The fourth-order valence-electron chi connectivity index (χ4n) is 3.78. The Morgan fingerprint density at radius 1 is 1.19 bits per heavy atom. The number of aliphatic hydroxyl groups excluding tert-OH is 1. The molecular formula is C23H20ClNO6. The van der Waals surface area contributed by atoms with Gasteiger partial charge in [0.1, 0.15) is 11.3 Å². The van der Waals surface area contributed by atoms with E-state index in [1.165, 1.54) is 19.1 Å². The molecule has 8 heteroatoms. The topological polar surface area (TPSA) is 89.2 Å². The second-order valence-corrected chi connectivity index (χ2v) is 7.46. The highest BCUT2D eigenvalue weighted by Crippen LogP contribution is 2.42. The van der Waals surface area contributed by atoms with Crippen LogP contribution in [-0.2, 0) is 9.53 Å². The lowest BCUT2D eigenvalue weighted by atomic mass is 9.94. The Balaban J connectivity index is 1.83. The molecule has 1 aliphatic heterocycles. The van der Waals surface area contributed by atoms with Crippen molar-refractivity contribution < 1.29 is 28.6 Å². The summed E-state index contributed by atoms with van der Waals surface area (Å²) in [6.07, 6.45) is 0. The van der Waals surface area contributed by atoms with Crippen molar-refractivity contribution >= 4 is 34.3 Å². The van der Waals surface area contributed by atoms with Gasteiger partial charge < -0.3 is 23.9 Å². The van der Waals surface area contributed by atoms with Crippen molar-refractivity contribution in [3.8, 4) is 5.75 Å². The van der Waals surface area contributed by atoms with Crippen LogP contribution in [-0.4, -0.2) is 49.1 Å². The van der Waals surface area contributed by atoms with Gasteiger partial charge in [-0.25, -0.2) is 0 Å². The minimum absolute atomic E-state index is 0.0000983. The first-order chi connectivity index (χ1) is 15.0. The number of carbonyl (C=O) groups excluding carboxylic acids is 2. The van der Waals surface area contributed by atoms with Crippen molar-refractivity contribution in [3.05, 3.63) is 76.2 Å². The lowest BCUT2D eigenvalue weighted by Gasteiger charge is -2.27. The van der Waals surface area contributed by atoms with Gasteiger partial charge in [0.2, 0.25) is 5.78 Å². The van der Waals surface area contributed by atoms with Gasteiger partial charge in [-0.3, -0.25) is 9.59 Å². The molecule has 2 heterocycles. The number of hydrogen-bond acceptors (Lipinski definition) is 6. The largest absolute Gasteiger partial charge is 0.503 e. The van der Waals surface area contributed by atoms with Crippen molar-refractivity contribution in [1.29, 1.82) is 0 Å². The zero-order valence-electron chi connectivity index (χ0n) is 16.9. The van der Waals surface area contributed by atoms with Gasteiger partial charge in [0.25, 0.3) is 5.91 Å². The fraction of sp³-hybridized carbons (Fsp3) is 0.217. The van der Waals surface area contributed by atoms with Crippen LogP contribution in [0.4, 0.5) is 0 Å². The van der Waals surface area contributed by atoms with Gasteiger partial charge in [-0.05, 0) is 30.3 Å². The third kappa shape index (κ3) is 3.66. The first kappa shape index (κ1) is 21.0. The molecule has 160 valence electrons. The van der Waals surface area contributed by atoms with Crippen molar-refractivity contribution in [1.82, 2.24) is 4.90 Å². The molecule has 4 rings (SSSR count). The van der Waals surface area contributed by atoms with Crippen LogP contribution in [0, 0.1) is 0 Å². The van der Waals surface area contributed by atoms with Crippen molar-refractivity contribution in [2.45, 2.75) is 6.04 Å². The molecule has 1 amide bonds. The number of methoxy groups -OCH3 is 2. The van der Waals surface area contributed by atoms with E-state index in [-0.39, 0.29) is 24.5 Å². The number of benzene rings is 2. The summed E-state index contributed by atoms with van der Waals surface area (Å²) >= 11 is 6.03. The summed E-state index contributed by atoms with van der Waals surface area (Å²) in [6, 6.07) is 12.7. The Hall–Kier alpha value is -3.29. The molecule has 3 aromatic rings. The van der Waals surface area contributed by atoms with E-state index in [2.05, 4.69) is 0 Å². The smallest absolute Gasteiger partial charge is 0.290 e. The molecule has 1 N–H and O–H groups in total. The predicted octanol–water partition coefficient (Wildman–Crippen LogP) is 4.32. The van der Waals surface area contributed by atoms with E-state index in [9.17, 15) is 14.7 Å². The van der Waals surface area contributed by atoms with E-state index in [1.54, 1.807) is 48.5 Å². The van der Waals surface area contributed by atoms with Crippen molar-refractivity contribution in [2.24, 2.45) is 0 Å². The van der Waals surface area contributed by atoms with Gasteiger partial charge in [-0.15, -0.1) is 0 Å². The second-order valence-electron chi connectivity index (χ2n) is 7.02. The van der Waals surface area contributed by atoms with Gasteiger partial charge in [-0.1, -0.05) is 29.8 Å². The lowest BCUT2D eigenvalue weighted by molar-refractivity contribution is -0.130. The average Bonchev–Trinajstić information content (AvgIpc) is 3.30. The number of fused-ring (bicyclic) bond motifs is 1. The number of amides is 1. The molecule has 0 bridgehead atoms. The summed E-state index contributed by atoms with van der Waals surface area (Å²) in [7, 11) is 3.01. The maximum Gasteiger partial charge on any atom is 0.290 e. The molecule has 0 radical (unpaired) electrons. The highest BCUT2D eigenvalue weighted by Gasteiger charge is 2.45. The number of furan rings is 1. The average molecular weight is 442 g/mol. The van der Waals surface area contributed by atoms with Gasteiger partial charge in [0, 0.05) is 29.6 Å². The molecule has 1 unspecified atom stereocenters. The first-order valence-electron chi connectivity index (χ1n) is 9.56. The van der Waals surface area contributed by atoms with Crippen LogP contribution in [0.25, 0.3) is 11.0 Å². The number of ketones is 1. The fourth-order valence-corrected chi connectivity index (χ4v) is 3.96. The van der Waals surface area contributed by atoms with Gasteiger partial charge in [0.05, 0.1) is 25.3 Å². The lowest BCUT2D eigenvalue weighted by Crippen LogP contribution is -2.34. The first-order valence-corrected chi connectivity index (χ1v) is 9.93. The quantitative estimate of drug-likeness (QED) is 0.549. The van der Waals surface area contributed by atoms with Crippen LogP contribution in [0.5, 0.6) is 5.75 Å². The summed E-state index contributed by atoms with van der Waals surface area (Å²) in [5, 5.41) is 11.8. The van der Waals surface area contributed by atoms with E-state index >= 15 is 0 Å². The molecule has 1 atom stereocenters. The zero-order valence-corrected chi connectivity index (χ0v) is 17.7. The number of Topliss-reactive ketones (excluding diaryl/α,β-unsaturated/α-hetero) is 1. The highest BCUT2D eigenvalue weighted by molar-refractivity contribution is 6.31. The summed E-state index contributed by atoms with van der Waals surface area (Å²) in [5.41, 5.74) is 0.971. The number of ether oxygens (including phenoxy) is 2. The molecule has 7 nitrogen and oxygen atoms in total. The number of para-hydroxylation sites is 1. The van der Waals surface area contributed by atoms with Crippen LogP contribution in [0.3, 0.4) is 0 Å². The number of carbonyl (C=O) groups is 2. The Morgan fingerprint density at radius 2 is 1.97 bits per heavy atom. The van der Waals surface area contributed by atoms with Gasteiger partial charge >= 0.3 is 0 Å². The van der Waals surface area contributed by atoms with Crippen LogP contribution in [0.15, 0.2) is 64.3 Å². The third-order valence-electron chi connectivity index (χ3n) is 5.22. The molecule has 31 heavy (non-hydrogen) atoms. The molecular weight excluding hydrogens is 422 g/mol. The van der Waals surface area contributed by atoms with Crippen molar-refractivity contribution in [2.75, 3.05) is 27.4 Å². The summed E-state index contributed by atoms with van der Waals surface area (Å²) in [6.45, 7) is 0.407. The van der Waals surface area contributed by atoms with E-state index in [4.69, 9.17) is 25.5 Å². The zero-order chi connectivity index (χ0) is 22.1. The van der Waals surface area contributed by atoms with Gasteiger partial charge in [-0.2, -0.15) is 0 Å². The molecule has 0 saturated carbocycles. The maximum atomic E-state index is 13.5. The minimum Gasteiger partial charge on any atom is -0.503 e. The van der Waals surface area contributed by atoms with Crippen LogP contribution in [0.2, 0.25) is 5.02 Å². The van der Waals surface area contributed by atoms with Crippen LogP contribution >= 0.6 is 11.6 Å². The standard InChI is InChI=1S/C23H20ClNO6/c1-29-10-9-25-20(15-5-3-4-6-17(15)30-2)19(22(27)23(25)28)21(26)18-12-13-11-14(24)7-8-16(13)31-18/h3-8,11-12,20,27H,9-10H2,1-2H3. The normalized spacial score (nSPS) is 16.4. The monoisotopic (exact) mass is 441 g/mol. The Kier molecular flexibility index (Phi) is 5.71. The van der Waals surface area contributed by atoms with Crippen LogP contribution < -0.4 is 4.74 Å². The molecule has 0 aliphatic carbocycles. The molecule has 0 fully saturated rings. The molecule has 1 aliphatic rings. The van der Waals surface area contributed by atoms with Crippen molar-refractivity contribution in [3.63, 3.8) is 0 Å². The SMILES string of the molecule is COCCN1C(=O)C(O)=C(C(=O)c2cc3cc(Cl)ccc3o2)C1c1ccccc1OC. The third-order valence-corrected chi connectivity index (χ3v) is 5.46. The van der Waals surface area contributed by atoms with Gasteiger partial charge in [0.15, 0.2) is 11.5 Å². The van der Waals surface area contributed by atoms with Crippen LogP contribution in [0.1, 0.15) is 22.2 Å². The number of halogens is 1. The number of nitrogens with zero attached hydrogens (tertiary/aromatic N) is 1. The Morgan fingerprint density at radius 3 is 2.71 bits per heavy atom. The summed E-state index contributed by atoms with van der Waals surface area (Å²) in [4.78, 5) is 27.7. The maximum absolute atomic E-state index is 13.5. The molecule has 0 saturated heterocycles. The number of hydrogen-bond donors (Lipinski definition) is 1.